The Morgan fingerprint density at radius 3 is 1.22 bits per heavy atom. The van der Waals surface area contributed by atoms with Crippen LogP contribution in [-0.2, 0) is 9.59 Å². The number of anilines is 2. The predicted molar refractivity (Wildman–Crippen MR) is 241 cm³/mol. The number of nitrogens with two attached hydrogens (primary N) is 2. The molecule has 0 amide bonds. The van der Waals surface area contributed by atoms with Crippen molar-refractivity contribution in [2.24, 2.45) is 23.3 Å². The molecule has 0 saturated heterocycles. The number of halogens is 6. The molecule has 0 bridgehead atoms. The second-order valence-corrected chi connectivity index (χ2v) is 16.1. The molecule has 2 heterocycles. The highest BCUT2D eigenvalue weighted by Gasteiger charge is 2.50. The molecule has 24 heteroatoms. The highest BCUT2D eigenvalue weighted by atomic mass is 35.5. The van der Waals surface area contributed by atoms with E-state index < -0.39 is 37.3 Å². The molecule has 2 aliphatic carbocycles. The molecule has 4 aliphatic rings. The summed E-state index contributed by atoms with van der Waals surface area (Å²) in [6.45, 7) is 0.345. The zero-order valence-corrected chi connectivity index (χ0v) is 38.0. The number of hydrogen-bond donors (Lipinski definition) is 8. The van der Waals surface area contributed by atoms with Crippen LogP contribution < -0.4 is 40.2 Å². The third-order valence-electron chi connectivity index (χ3n) is 11.8. The van der Waals surface area contributed by atoms with Crippen molar-refractivity contribution in [1.82, 2.24) is 0 Å². The van der Waals surface area contributed by atoms with Gasteiger partial charge in [-0.2, -0.15) is 0 Å². The number of carboxylic acid groups (broad SMARTS) is 2. The van der Waals surface area contributed by atoms with Crippen molar-refractivity contribution >= 4 is 110 Å². The monoisotopic (exact) mass is 968 g/mol. The van der Waals surface area contributed by atoms with Gasteiger partial charge in [-0.3, -0.25) is 9.59 Å². The molecule has 2 aromatic rings. The fraction of sp³-hybridized carbons (Fsp3) is 0.611. The fourth-order valence-electron chi connectivity index (χ4n) is 7.86. The summed E-state index contributed by atoms with van der Waals surface area (Å²) in [6, 6.07) is 7.39. The molecule has 2 saturated carbocycles. The number of unbranched alkanes of at least 4 members (excludes halogenated alkanes) is 2. The smallest absolute Gasteiger partial charge is 0.451 e. The number of carbonyl (C=O) groups is 2. The molecule has 340 valence electrons. The Morgan fingerprint density at radius 2 is 0.933 bits per heavy atom. The number of aliphatic carboxylic acids is 2. The van der Waals surface area contributed by atoms with Crippen LogP contribution in [0.3, 0.4) is 0 Å². The minimum Gasteiger partial charge on any atom is -0.480 e. The van der Waals surface area contributed by atoms with Gasteiger partial charge < -0.3 is 70.5 Å². The van der Waals surface area contributed by atoms with Crippen molar-refractivity contribution in [2.45, 2.75) is 100 Å². The van der Waals surface area contributed by atoms with E-state index in [0.717, 1.165) is 11.4 Å². The Hall–Kier alpha value is -2.19. The molecule has 0 aromatic heterocycles. The molecule has 0 radical (unpaired) electrons. The number of benzene rings is 2. The van der Waals surface area contributed by atoms with Crippen LogP contribution in [0.2, 0.25) is 22.7 Å². The van der Waals surface area contributed by atoms with Crippen molar-refractivity contribution < 1.29 is 58.8 Å². The van der Waals surface area contributed by atoms with Crippen LogP contribution in [0.25, 0.3) is 0 Å². The largest absolute Gasteiger partial charge is 0.480 e. The van der Waals surface area contributed by atoms with Gasteiger partial charge in [0, 0.05) is 50.4 Å². The first kappa shape index (κ1) is 55.8. The minimum absolute atomic E-state index is 0. The number of fused-ring (bicyclic) bond motifs is 2. The average Bonchev–Trinajstić information content (AvgIpc) is 3.75. The third kappa shape index (κ3) is 12.9. The maximum Gasteiger partial charge on any atom is 0.451 e. The summed E-state index contributed by atoms with van der Waals surface area (Å²) in [4.78, 5) is 27.7. The number of rotatable bonds is 18. The zero-order chi connectivity index (χ0) is 40.9. The molecule has 6 rings (SSSR count). The van der Waals surface area contributed by atoms with Crippen LogP contribution >= 0.6 is 72.8 Å². The summed E-state index contributed by atoms with van der Waals surface area (Å²) in [6.07, 6.45) is 5.74. The molecule has 60 heavy (non-hydrogen) atoms. The normalized spacial score (nSPS) is 20.8. The first-order valence-electron chi connectivity index (χ1n) is 18.8. The van der Waals surface area contributed by atoms with E-state index in [1.54, 1.807) is 12.1 Å². The molecular weight excluding hydrogens is 915 g/mol. The molecule has 16 nitrogen and oxygen atoms in total. The molecule has 2 fully saturated rings. The Balaban J connectivity index is 0.000000562. The van der Waals surface area contributed by atoms with Crippen LogP contribution in [0.1, 0.15) is 64.2 Å². The van der Waals surface area contributed by atoms with Crippen LogP contribution in [0, 0.1) is 11.8 Å². The zero-order valence-electron chi connectivity index (χ0n) is 33.2. The summed E-state index contributed by atoms with van der Waals surface area (Å²) < 4.78 is 21.5. The standard InChI is InChI=1S/2C18H26BClN2O6.4ClH/c2*1-22(14-9-16-15(8-13(14)20)27-10-28-16)12-6-11(7-12)18(21,17(23)24)4-2-3-5-19(25)26;;;;/h2*8-9,11-12,25-26H,2-7,10,21H2,1H3,(H,23,24);4*1H. The van der Waals surface area contributed by atoms with Crippen molar-refractivity contribution in [3.8, 4) is 23.0 Å². The number of carboxylic acids is 2. The van der Waals surface area contributed by atoms with Gasteiger partial charge in [0.15, 0.2) is 23.0 Å². The van der Waals surface area contributed by atoms with Crippen molar-refractivity contribution in [1.29, 1.82) is 0 Å². The van der Waals surface area contributed by atoms with E-state index in [0.29, 0.717) is 97.3 Å². The lowest BCUT2D eigenvalue weighted by Gasteiger charge is -2.48. The molecule has 2 aliphatic heterocycles. The van der Waals surface area contributed by atoms with Gasteiger partial charge in [-0.15, -0.1) is 49.6 Å². The first-order valence-corrected chi connectivity index (χ1v) is 19.6. The Labute approximate surface area is 385 Å². The van der Waals surface area contributed by atoms with Crippen molar-refractivity contribution in [3.63, 3.8) is 0 Å². The summed E-state index contributed by atoms with van der Waals surface area (Å²) in [5, 5.41) is 56.1. The average molecular weight is 971 g/mol. The van der Waals surface area contributed by atoms with E-state index in [9.17, 15) is 19.8 Å². The Kier molecular flexibility index (Phi) is 22.4. The topological polar surface area (TPSA) is 251 Å². The molecule has 2 aromatic carbocycles. The second kappa shape index (κ2) is 24.0. The van der Waals surface area contributed by atoms with Gasteiger partial charge in [0.25, 0.3) is 0 Å². The number of ether oxygens (including phenoxy) is 4. The van der Waals surface area contributed by atoms with E-state index in [1.165, 1.54) is 0 Å². The van der Waals surface area contributed by atoms with E-state index in [2.05, 4.69) is 0 Å². The highest BCUT2D eigenvalue weighted by molar-refractivity contribution is 6.41. The highest BCUT2D eigenvalue weighted by Crippen LogP contribution is 2.47. The summed E-state index contributed by atoms with van der Waals surface area (Å²) in [5.41, 5.74) is 11.5. The fourth-order valence-corrected chi connectivity index (χ4v) is 8.43. The van der Waals surface area contributed by atoms with Crippen molar-refractivity contribution in [3.05, 3.63) is 34.3 Å². The lowest BCUT2D eigenvalue weighted by Crippen LogP contribution is -2.61. The Bertz CT molecular complexity index is 1600. The van der Waals surface area contributed by atoms with Gasteiger partial charge in [-0.05, 0) is 63.0 Å². The number of nitrogens with zero attached hydrogens (tertiary/aromatic N) is 2. The SMILES string of the molecule is CN(c1cc2c(cc1Cl)OCO2)C1CC(C(N)(CCCCB(O)O)C(=O)O)C1.CN(c1cc2c(cc1Cl)OCO2)C1CC(C(N)(CCCCB(O)O)C(=O)O)C1.Cl.Cl.Cl.Cl. The minimum atomic E-state index is -1.37. The second-order valence-electron chi connectivity index (χ2n) is 15.3. The van der Waals surface area contributed by atoms with E-state index in [-0.39, 0.29) is 99.8 Å². The van der Waals surface area contributed by atoms with Crippen LogP contribution in [0.5, 0.6) is 23.0 Å². The molecule has 0 spiro atoms. The lowest BCUT2D eigenvalue weighted by atomic mass is 9.65. The van der Waals surface area contributed by atoms with Gasteiger partial charge in [0.1, 0.15) is 11.1 Å². The molecular formula is C36H56B2Cl6N4O12. The van der Waals surface area contributed by atoms with E-state index in [1.807, 2.05) is 36.0 Å². The number of hydrogen-bond acceptors (Lipinski definition) is 14. The van der Waals surface area contributed by atoms with Gasteiger partial charge >= 0.3 is 26.2 Å². The van der Waals surface area contributed by atoms with Crippen LogP contribution in [0.4, 0.5) is 11.4 Å². The quantitative estimate of drug-likeness (QED) is 0.0715. The van der Waals surface area contributed by atoms with Crippen molar-refractivity contribution in [2.75, 3.05) is 37.5 Å². The summed E-state index contributed by atoms with van der Waals surface area (Å²) in [5.74, 6) is 0.211. The molecule has 10 N–H and O–H groups in total. The van der Waals surface area contributed by atoms with Gasteiger partial charge in [0.2, 0.25) is 13.6 Å². The van der Waals surface area contributed by atoms with Gasteiger partial charge in [-0.1, -0.05) is 48.9 Å². The first-order chi connectivity index (χ1) is 26.4. The summed E-state index contributed by atoms with van der Waals surface area (Å²) >= 11 is 12.8. The van der Waals surface area contributed by atoms with Gasteiger partial charge in [0.05, 0.1) is 21.4 Å². The van der Waals surface area contributed by atoms with Gasteiger partial charge in [-0.25, -0.2) is 0 Å². The van der Waals surface area contributed by atoms with Crippen LogP contribution in [0.15, 0.2) is 24.3 Å². The maximum absolute atomic E-state index is 11.8. The van der Waals surface area contributed by atoms with E-state index >= 15 is 0 Å². The maximum atomic E-state index is 11.8. The van der Waals surface area contributed by atoms with E-state index in [4.69, 9.17) is 73.7 Å². The lowest BCUT2D eigenvalue weighted by molar-refractivity contribution is -0.148. The molecule has 2 unspecified atom stereocenters. The Morgan fingerprint density at radius 1 is 0.633 bits per heavy atom. The predicted octanol–water partition coefficient (Wildman–Crippen LogP) is 5.10. The summed E-state index contributed by atoms with van der Waals surface area (Å²) in [7, 11) is 1.10. The van der Waals surface area contributed by atoms with Crippen LogP contribution in [-0.4, -0.2) is 107 Å². The molecule has 2 atom stereocenters. The third-order valence-corrected chi connectivity index (χ3v) is 12.4.